The number of carbonyl (C=O) groups is 1. The summed E-state index contributed by atoms with van der Waals surface area (Å²) < 4.78 is 5.43. The Kier molecular flexibility index (Phi) is 5.11. The molecule has 5 heteroatoms. The molecule has 2 atom stereocenters. The number of benzene rings is 1. The molecule has 0 bridgehead atoms. The van der Waals surface area contributed by atoms with E-state index >= 15 is 0 Å². The molecule has 0 aromatic heterocycles. The van der Waals surface area contributed by atoms with E-state index in [2.05, 4.69) is 4.90 Å². The number of primary amides is 1. The maximum atomic E-state index is 11.1. The van der Waals surface area contributed by atoms with Crippen LogP contribution in [0.15, 0.2) is 24.3 Å². The minimum atomic E-state index is -0.391. The molecule has 0 radical (unpaired) electrons. The first-order valence-corrected chi connectivity index (χ1v) is 6.99. The second-order valence-electron chi connectivity index (χ2n) is 5.30. The molecule has 2 unspecified atom stereocenters. The summed E-state index contributed by atoms with van der Waals surface area (Å²) in [7, 11) is 1.76. The second kappa shape index (κ2) is 6.83. The maximum absolute atomic E-state index is 11.1. The van der Waals surface area contributed by atoms with Crippen LogP contribution in [0.1, 0.15) is 28.8 Å². The van der Waals surface area contributed by atoms with Crippen LogP contribution in [0.25, 0.3) is 0 Å². The van der Waals surface area contributed by atoms with Crippen molar-refractivity contribution in [2.45, 2.75) is 31.5 Å². The summed E-state index contributed by atoms with van der Waals surface area (Å²) in [5.74, 6) is -0.391. The van der Waals surface area contributed by atoms with E-state index in [1.807, 2.05) is 12.1 Å². The van der Waals surface area contributed by atoms with Crippen molar-refractivity contribution in [1.82, 2.24) is 4.90 Å². The molecule has 1 amide bonds. The fourth-order valence-electron chi connectivity index (χ4n) is 2.74. The van der Waals surface area contributed by atoms with Gasteiger partial charge < -0.3 is 16.2 Å². The summed E-state index contributed by atoms with van der Waals surface area (Å²) in [6.45, 7) is 2.47. The zero-order valence-corrected chi connectivity index (χ0v) is 11.9. The molecule has 110 valence electrons. The van der Waals surface area contributed by atoms with Gasteiger partial charge in [-0.15, -0.1) is 0 Å². The summed E-state index contributed by atoms with van der Waals surface area (Å²) in [6, 6.07) is 7.81. The highest BCUT2D eigenvalue weighted by atomic mass is 16.5. The molecule has 0 spiro atoms. The van der Waals surface area contributed by atoms with Crippen molar-refractivity contribution in [3.63, 3.8) is 0 Å². The number of hydrogen-bond acceptors (Lipinski definition) is 4. The Balaban J connectivity index is 1.99. The van der Waals surface area contributed by atoms with Gasteiger partial charge in [-0.05, 0) is 30.5 Å². The fraction of sp³-hybridized carbons (Fsp3) is 0.533. The first-order chi connectivity index (χ1) is 9.63. The van der Waals surface area contributed by atoms with E-state index in [0.29, 0.717) is 24.3 Å². The van der Waals surface area contributed by atoms with E-state index in [9.17, 15) is 4.79 Å². The van der Waals surface area contributed by atoms with Gasteiger partial charge in [0.1, 0.15) is 0 Å². The lowest BCUT2D eigenvalue weighted by Crippen LogP contribution is -2.47. The van der Waals surface area contributed by atoms with Crippen molar-refractivity contribution in [3.8, 4) is 0 Å². The molecule has 4 N–H and O–H groups in total. The predicted molar refractivity (Wildman–Crippen MR) is 78.2 cm³/mol. The van der Waals surface area contributed by atoms with Crippen LogP contribution in [0.3, 0.4) is 0 Å². The van der Waals surface area contributed by atoms with Crippen LogP contribution in [0.4, 0.5) is 0 Å². The van der Waals surface area contributed by atoms with Crippen molar-refractivity contribution in [2.24, 2.45) is 11.5 Å². The summed E-state index contributed by atoms with van der Waals surface area (Å²) in [5.41, 5.74) is 12.8. The average Bonchev–Trinajstić information content (AvgIpc) is 2.48. The van der Waals surface area contributed by atoms with Crippen LogP contribution in [-0.4, -0.2) is 43.2 Å². The third kappa shape index (κ3) is 3.56. The number of likely N-dealkylation sites (tertiary alicyclic amines) is 1. The molecule has 1 aliphatic rings. The first-order valence-electron chi connectivity index (χ1n) is 6.99. The molecule has 1 saturated heterocycles. The van der Waals surface area contributed by atoms with E-state index < -0.39 is 5.91 Å². The Morgan fingerprint density at radius 1 is 1.40 bits per heavy atom. The smallest absolute Gasteiger partial charge is 0.248 e. The lowest BCUT2D eigenvalue weighted by Gasteiger charge is -2.38. The summed E-state index contributed by atoms with van der Waals surface area (Å²) >= 11 is 0. The molecule has 1 aromatic carbocycles. The monoisotopic (exact) mass is 277 g/mol. The van der Waals surface area contributed by atoms with Crippen molar-refractivity contribution in [1.29, 1.82) is 0 Å². The largest absolute Gasteiger partial charge is 0.381 e. The van der Waals surface area contributed by atoms with Gasteiger partial charge in [-0.2, -0.15) is 0 Å². The SMILES string of the molecule is COC1CCN(Cc2ccc(C(N)=O)cc2)C(CN)C1. The van der Waals surface area contributed by atoms with Crippen LogP contribution in [0, 0.1) is 0 Å². The van der Waals surface area contributed by atoms with Gasteiger partial charge in [0.05, 0.1) is 6.10 Å². The zero-order valence-electron chi connectivity index (χ0n) is 11.9. The number of nitrogens with zero attached hydrogens (tertiary/aromatic N) is 1. The van der Waals surface area contributed by atoms with Gasteiger partial charge in [0.25, 0.3) is 0 Å². The molecule has 5 nitrogen and oxygen atoms in total. The summed E-state index contributed by atoms with van der Waals surface area (Å²) in [5, 5.41) is 0. The van der Waals surface area contributed by atoms with E-state index in [4.69, 9.17) is 16.2 Å². The molecule has 0 aliphatic carbocycles. The highest BCUT2D eigenvalue weighted by Gasteiger charge is 2.27. The Morgan fingerprint density at radius 3 is 2.65 bits per heavy atom. The highest BCUT2D eigenvalue weighted by molar-refractivity contribution is 5.92. The predicted octanol–water partition coefficient (Wildman–Crippen LogP) is 0.724. The molecular formula is C15H23N3O2. The maximum Gasteiger partial charge on any atom is 0.248 e. The van der Waals surface area contributed by atoms with Crippen molar-refractivity contribution < 1.29 is 9.53 Å². The Morgan fingerprint density at radius 2 is 2.10 bits per heavy atom. The van der Waals surface area contributed by atoms with Gasteiger partial charge in [0, 0.05) is 38.3 Å². The van der Waals surface area contributed by atoms with Crippen LogP contribution in [0.5, 0.6) is 0 Å². The van der Waals surface area contributed by atoms with Gasteiger partial charge in [-0.3, -0.25) is 9.69 Å². The Bertz CT molecular complexity index is 447. The molecule has 1 fully saturated rings. The third-order valence-electron chi connectivity index (χ3n) is 4.02. The van der Waals surface area contributed by atoms with Gasteiger partial charge in [-0.1, -0.05) is 12.1 Å². The summed E-state index contributed by atoms with van der Waals surface area (Å²) in [4.78, 5) is 13.4. The molecule has 1 aliphatic heterocycles. The Hall–Kier alpha value is -1.43. The molecule has 2 rings (SSSR count). The number of ether oxygens (including phenoxy) is 1. The van der Waals surface area contributed by atoms with Gasteiger partial charge in [0.2, 0.25) is 5.91 Å². The minimum Gasteiger partial charge on any atom is -0.381 e. The normalized spacial score (nSPS) is 23.7. The van der Waals surface area contributed by atoms with E-state index in [0.717, 1.165) is 25.9 Å². The zero-order chi connectivity index (χ0) is 14.5. The lowest BCUT2D eigenvalue weighted by molar-refractivity contribution is 0.0102. The molecular weight excluding hydrogens is 254 g/mol. The highest BCUT2D eigenvalue weighted by Crippen LogP contribution is 2.21. The number of piperidine rings is 1. The van der Waals surface area contributed by atoms with Crippen LogP contribution >= 0.6 is 0 Å². The van der Waals surface area contributed by atoms with Gasteiger partial charge >= 0.3 is 0 Å². The van der Waals surface area contributed by atoms with Crippen LogP contribution < -0.4 is 11.5 Å². The first kappa shape index (κ1) is 15.0. The van der Waals surface area contributed by atoms with Crippen LogP contribution in [0.2, 0.25) is 0 Å². The lowest BCUT2D eigenvalue weighted by atomic mass is 9.98. The number of hydrogen-bond donors (Lipinski definition) is 2. The van der Waals surface area contributed by atoms with Crippen molar-refractivity contribution in [2.75, 3.05) is 20.2 Å². The second-order valence-corrected chi connectivity index (χ2v) is 5.30. The number of amides is 1. The molecule has 1 aromatic rings. The number of carbonyl (C=O) groups excluding carboxylic acids is 1. The quantitative estimate of drug-likeness (QED) is 0.831. The fourth-order valence-corrected chi connectivity index (χ4v) is 2.74. The Labute approximate surface area is 119 Å². The van der Waals surface area contributed by atoms with E-state index in [1.54, 1.807) is 19.2 Å². The van der Waals surface area contributed by atoms with Crippen molar-refractivity contribution in [3.05, 3.63) is 35.4 Å². The molecule has 0 saturated carbocycles. The minimum absolute atomic E-state index is 0.317. The third-order valence-corrected chi connectivity index (χ3v) is 4.02. The number of rotatable bonds is 5. The number of methoxy groups -OCH3 is 1. The molecule has 1 heterocycles. The van der Waals surface area contributed by atoms with E-state index in [-0.39, 0.29) is 0 Å². The van der Waals surface area contributed by atoms with Crippen LogP contribution in [-0.2, 0) is 11.3 Å². The van der Waals surface area contributed by atoms with Crippen molar-refractivity contribution >= 4 is 5.91 Å². The van der Waals surface area contributed by atoms with Gasteiger partial charge in [-0.25, -0.2) is 0 Å². The average molecular weight is 277 g/mol. The molecule has 20 heavy (non-hydrogen) atoms. The number of nitrogens with two attached hydrogens (primary N) is 2. The van der Waals surface area contributed by atoms with Gasteiger partial charge in [0.15, 0.2) is 0 Å². The summed E-state index contributed by atoms with van der Waals surface area (Å²) in [6.07, 6.45) is 2.33. The topological polar surface area (TPSA) is 81.6 Å². The standard InChI is InChI=1S/C15H23N3O2/c1-20-14-6-7-18(13(8-14)9-16)10-11-2-4-12(5-3-11)15(17)19/h2-5,13-14H,6-10,16H2,1H3,(H2,17,19). The van der Waals surface area contributed by atoms with E-state index in [1.165, 1.54) is 5.56 Å².